The maximum absolute atomic E-state index is 6.30. The molecule has 0 saturated carbocycles. The molecule has 3 heteroatoms. The maximum atomic E-state index is 6.30. The van der Waals surface area contributed by atoms with Crippen LogP contribution in [-0.4, -0.2) is 7.05 Å². The van der Waals surface area contributed by atoms with E-state index in [1.807, 2.05) is 25.2 Å². The summed E-state index contributed by atoms with van der Waals surface area (Å²) in [5.74, 6) is 0. The smallest absolute Gasteiger partial charge is 0.0640 e. The highest BCUT2D eigenvalue weighted by atomic mass is 35.5. The van der Waals surface area contributed by atoms with Gasteiger partial charge in [0.05, 0.1) is 10.0 Å². The van der Waals surface area contributed by atoms with Gasteiger partial charge in [-0.1, -0.05) is 65.2 Å². The largest absolute Gasteiger partial charge is 0.313 e. The number of halogens is 2. The van der Waals surface area contributed by atoms with E-state index in [0.717, 1.165) is 18.4 Å². The lowest BCUT2D eigenvalue weighted by Crippen LogP contribution is -2.17. The molecule has 0 bridgehead atoms. The van der Waals surface area contributed by atoms with Crippen molar-refractivity contribution in [2.45, 2.75) is 25.8 Å². The van der Waals surface area contributed by atoms with Gasteiger partial charge < -0.3 is 5.32 Å². The van der Waals surface area contributed by atoms with Crippen LogP contribution in [0.4, 0.5) is 0 Å². The minimum absolute atomic E-state index is 0.210. The molecule has 20 heavy (non-hydrogen) atoms. The number of hydrogen-bond acceptors (Lipinski definition) is 1. The first-order valence-electron chi connectivity index (χ1n) is 6.78. The van der Waals surface area contributed by atoms with E-state index in [0.29, 0.717) is 10.0 Å². The summed E-state index contributed by atoms with van der Waals surface area (Å²) in [6, 6.07) is 14.6. The predicted molar refractivity (Wildman–Crippen MR) is 87.8 cm³/mol. The van der Waals surface area contributed by atoms with E-state index >= 15 is 0 Å². The monoisotopic (exact) mass is 307 g/mol. The average Bonchev–Trinajstić information content (AvgIpc) is 2.44. The first-order chi connectivity index (χ1) is 9.61. The van der Waals surface area contributed by atoms with Crippen LogP contribution < -0.4 is 5.32 Å². The number of hydrogen-bond donors (Lipinski definition) is 1. The molecule has 1 N–H and O–H groups in total. The lowest BCUT2D eigenvalue weighted by Gasteiger charge is -2.18. The predicted octanol–water partition coefficient (Wildman–Crippen LogP) is 5.20. The molecule has 0 fully saturated rings. The van der Waals surface area contributed by atoms with Gasteiger partial charge in [0, 0.05) is 6.04 Å². The normalized spacial score (nSPS) is 12.4. The van der Waals surface area contributed by atoms with Crippen molar-refractivity contribution in [3.8, 4) is 0 Å². The number of rotatable bonds is 5. The van der Waals surface area contributed by atoms with E-state index < -0.39 is 0 Å². The molecule has 106 valence electrons. The maximum Gasteiger partial charge on any atom is 0.0640 e. The van der Waals surface area contributed by atoms with Crippen LogP contribution in [0.15, 0.2) is 42.5 Å². The van der Waals surface area contributed by atoms with Crippen LogP contribution in [0, 0.1) is 6.92 Å². The Morgan fingerprint density at radius 3 is 2.55 bits per heavy atom. The molecule has 1 atom stereocenters. The molecule has 0 aliphatic carbocycles. The van der Waals surface area contributed by atoms with E-state index in [2.05, 4.69) is 36.5 Å². The summed E-state index contributed by atoms with van der Waals surface area (Å²) < 4.78 is 0. The minimum Gasteiger partial charge on any atom is -0.313 e. The molecule has 0 radical (unpaired) electrons. The Balaban J connectivity index is 2.11. The highest BCUT2D eigenvalue weighted by Crippen LogP contribution is 2.31. The van der Waals surface area contributed by atoms with Crippen LogP contribution in [-0.2, 0) is 6.42 Å². The molecule has 0 saturated heterocycles. The summed E-state index contributed by atoms with van der Waals surface area (Å²) >= 11 is 12.4. The molecular weight excluding hydrogens is 289 g/mol. The first-order valence-corrected chi connectivity index (χ1v) is 7.54. The van der Waals surface area contributed by atoms with Crippen LogP contribution in [0.3, 0.4) is 0 Å². The van der Waals surface area contributed by atoms with E-state index in [4.69, 9.17) is 23.2 Å². The van der Waals surface area contributed by atoms with E-state index in [-0.39, 0.29) is 6.04 Å². The molecule has 0 aliphatic rings. The van der Waals surface area contributed by atoms with Crippen molar-refractivity contribution in [1.29, 1.82) is 0 Å². The van der Waals surface area contributed by atoms with Crippen LogP contribution in [0.25, 0.3) is 0 Å². The Kier molecular flexibility index (Phi) is 5.47. The average molecular weight is 308 g/mol. The molecule has 1 nitrogen and oxygen atoms in total. The second-order valence-electron chi connectivity index (χ2n) is 5.01. The van der Waals surface area contributed by atoms with Gasteiger partial charge >= 0.3 is 0 Å². The molecule has 2 aromatic rings. The summed E-state index contributed by atoms with van der Waals surface area (Å²) in [5, 5.41) is 4.59. The molecule has 2 rings (SSSR count). The third-order valence-corrected chi connectivity index (χ3v) is 4.34. The Labute approximate surface area is 130 Å². The number of benzene rings is 2. The summed E-state index contributed by atoms with van der Waals surface area (Å²) in [6.45, 7) is 2.12. The lowest BCUT2D eigenvalue weighted by atomic mass is 9.98. The van der Waals surface area contributed by atoms with Gasteiger partial charge in [-0.15, -0.1) is 0 Å². The second-order valence-corrected chi connectivity index (χ2v) is 5.80. The van der Waals surface area contributed by atoms with Crippen molar-refractivity contribution in [2.75, 3.05) is 7.05 Å². The molecule has 1 unspecified atom stereocenters. The molecular formula is C17H19Cl2N. The summed E-state index contributed by atoms with van der Waals surface area (Å²) in [5.41, 5.74) is 3.71. The molecule has 2 aromatic carbocycles. The zero-order valence-corrected chi connectivity index (χ0v) is 13.3. The number of aryl methyl sites for hydroxylation is 2. The van der Waals surface area contributed by atoms with E-state index in [1.54, 1.807) is 0 Å². The Hall–Kier alpha value is -1.02. The fraction of sp³-hybridized carbons (Fsp3) is 0.294. The van der Waals surface area contributed by atoms with Crippen molar-refractivity contribution in [2.24, 2.45) is 0 Å². The molecule has 0 aromatic heterocycles. The summed E-state index contributed by atoms with van der Waals surface area (Å²) in [7, 11) is 1.96. The van der Waals surface area contributed by atoms with Gasteiger partial charge in [0.15, 0.2) is 0 Å². The number of nitrogens with one attached hydrogen (secondary N) is 1. The minimum atomic E-state index is 0.210. The second kappa shape index (κ2) is 7.12. The van der Waals surface area contributed by atoms with Crippen LogP contribution >= 0.6 is 23.2 Å². The SMILES string of the molecule is CNC(CCc1cccc(C)c1)c1cccc(Cl)c1Cl. The fourth-order valence-electron chi connectivity index (χ4n) is 2.42. The zero-order valence-electron chi connectivity index (χ0n) is 11.8. The molecule has 0 amide bonds. The third kappa shape index (κ3) is 3.76. The van der Waals surface area contributed by atoms with Gasteiger partial charge in [0.25, 0.3) is 0 Å². The zero-order chi connectivity index (χ0) is 14.5. The highest BCUT2D eigenvalue weighted by Gasteiger charge is 2.14. The Morgan fingerprint density at radius 1 is 1.10 bits per heavy atom. The highest BCUT2D eigenvalue weighted by molar-refractivity contribution is 6.42. The topological polar surface area (TPSA) is 12.0 Å². The Morgan fingerprint density at radius 2 is 1.85 bits per heavy atom. The van der Waals surface area contributed by atoms with Crippen LogP contribution in [0.2, 0.25) is 10.0 Å². The lowest BCUT2D eigenvalue weighted by molar-refractivity contribution is 0.549. The van der Waals surface area contributed by atoms with Crippen molar-refractivity contribution >= 4 is 23.2 Å². The fourth-order valence-corrected chi connectivity index (χ4v) is 2.86. The van der Waals surface area contributed by atoms with Crippen LogP contribution in [0.5, 0.6) is 0 Å². The van der Waals surface area contributed by atoms with Gasteiger partial charge in [-0.3, -0.25) is 0 Å². The first kappa shape index (κ1) is 15.4. The van der Waals surface area contributed by atoms with Crippen molar-refractivity contribution in [1.82, 2.24) is 5.32 Å². The van der Waals surface area contributed by atoms with E-state index in [1.165, 1.54) is 11.1 Å². The third-order valence-electron chi connectivity index (χ3n) is 3.51. The van der Waals surface area contributed by atoms with Crippen LogP contribution in [0.1, 0.15) is 29.2 Å². The molecule has 0 heterocycles. The van der Waals surface area contributed by atoms with Gasteiger partial charge in [-0.2, -0.15) is 0 Å². The van der Waals surface area contributed by atoms with Gasteiger partial charge in [0.1, 0.15) is 0 Å². The summed E-state index contributed by atoms with van der Waals surface area (Å²) in [6.07, 6.45) is 2.00. The van der Waals surface area contributed by atoms with Gasteiger partial charge in [-0.05, 0) is 44.0 Å². The van der Waals surface area contributed by atoms with E-state index in [9.17, 15) is 0 Å². The summed E-state index contributed by atoms with van der Waals surface area (Å²) in [4.78, 5) is 0. The molecule has 0 aliphatic heterocycles. The van der Waals surface area contributed by atoms with Gasteiger partial charge in [0.2, 0.25) is 0 Å². The van der Waals surface area contributed by atoms with Gasteiger partial charge in [-0.25, -0.2) is 0 Å². The molecule has 0 spiro atoms. The van der Waals surface area contributed by atoms with Crippen molar-refractivity contribution < 1.29 is 0 Å². The van der Waals surface area contributed by atoms with Crippen molar-refractivity contribution in [3.05, 3.63) is 69.2 Å². The standard InChI is InChI=1S/C17H19Cl2N/c1-12-5-3-6-13(11-12)9-10-16(20-2)14-7-4-8-15(18)17(14)19/h3-8,11,16,20H,9-10H2,1-2H3. The Bertz CT molecular complexity index is 581. The van der Waals surface area contributed by atoms with Crippen molar-refractivity contribution in [3.63, 3.8) is 0 Å². The quantitative estimate of drug-likeness (QED) is 0.801.